The number of carbonyl (C=O) groups is 1. The van der Waals surface area contributed by atoms with Gasteiger partial charge in [-0.2, -0.15) is 0 Å². The lowest BCUT2D eigenvalue weighted by Crippen LogP contribution is -2.41. The van der Waals surface area contributed by atoms with Gasteiger partial charge in [-0.25, -0.2) is 0 Å². The molecule has 182 valence electrons. The van der Waals surface area contributed by atoms with E-state index in [2.05, 4.69) is 91.8 Å². The number of ketones is 1. The lowest BCUT2D eigenvalue weighted by Gasteiger charge is -2.32. The standard InChI is InChI=1S/C31H37BO3/c1-18-13-24(11-12-25(18)23(6)33)26-14-20(3)27(15-19(26)2)28-16-22(5)29(17-21(28)4)32-34-30(7,8)31(9,10)35-32/h11-17H,1-10H3. The third-order valence-corrected chi connectivity index (χ3v) is 7.90. The van der Waals surface area contributed by atoms with Crippen LogP contribution in [0.1, 0.15) is 72.8 Å². The van der Waals surface area contributed by atoms with Crippen LogP contribution >= 0.6 is 0 Å². The van der Waals surface area contributed by atoms with Gasteiger partial charge in [-0.15, -0.1) is 0 Å². The van der Waals surface area contributed by atoms with E-state index in [4.69, 9.17) is 9.31 Å². The van der Waals surface area contributed by atoms with Crippen molar-refractivity contribution in [3.8, 4) is 22.3 Å². The zero-order valence-electron chi connectivity index (χ0n) is 22.8. The van der Waals surface area contributed by atoms with Crippen LogP contribution in [0, 0.1) is 34.6 Å². The maximum absolute atomic E-state index is 11.9. The molecule has 4 rings (SSSR count). The number of hydrogen-bond acceptors (Lipinski definition) is 3. The van der Waals surface area contributed by atoms with Crippen LogP contribution in [0.3, 0.4) is 0 Å². The third-order valence-electron chi connectivity index (χ3n) is 7.90. The van der Waals surface area contributed by atoms with Crippen molar-refractivity contribution >= 4 is 18.4 Å². The molecule has 1 aliphatic heterocycles. The molecule has 0 unspecified atom stereocenters. The molecule has 3 aromatic rings. The van der Waals surface area contributed by atoms with Crippen molar-refractivity contribution in [2.75, 3.05) is 0 Å². The van der Waals surface area contributed by atoms with E-state index in [0.717, 1.165) is 22.2 Å². The van der Waals surface area contributed by atoms with E-state index in [1.165, 1.54) is 38.9 Å². The van der Waals surface area contributed by atoms with Gasteiger partial charge in [-0.05, 0) is 119 Å². The fourth-order valence-electron chi connectivity index (χ4n) is 5.00. The highest BCUT2D eigenvalue weighted by atomic mass is 16.7. The van der Waals surface area contributed by atoms with Crippen LogP contribution in [0.25, 0.3) is 22.3 Å². The average Bonchev–Trinajstić information content (AvgIpc) is 2.97. The van der Waals surface area contributed by atoms with Gasteiger partial charge in [0.05, 0.1) is 11.2 Å². The second-order valence-corrected chi connectivity index (χ2v) is 11.2. The zero-order chi connectivity index (χ0) is 25.9. The van der Waals surface area contributed by atoms with E-state index in [1.54, 1.807) is 6.92 Å². The molecule has 1 saturated heterocycles. The second kappa shape index (κ2) is 8.76. The Morgan fingerprint density at radius 2 is 1.14 bits per heavy atom. The quantitative estimate of drug-likeness (QED) is 0.304. The molecule has 4 heteroatoms. The van der Waals surface area contributed by atoms with Gasteiger partial charge in [0.25, 0.3) is 0 Å². The van der Waals surface area contributed by atoms with Crippen molar-refractivity contribution in [3.05, 3.63) is 75.8 Å². The van der Waals surface area contributed by atoms with Crippen LogP contribution in [-0.4, -0.2) is 24.1 Å². The summed E-state index contributed by atoms with van der Waals surface area (Å²) in [6.45, 7) is 20.6. The predicted octanol–water partition coefficient (Wildman–Crippen LogP) is 7.06. The first-order valence-corrected chi connectivity index (χ1v) is 12.4. The Kier molecular flexibility index (Phi) is 6.36. The average molecular weight is 468 g/mol. The zero-order valence-corrected chi connectivity index (χ0v) is 22.8. The van der Waals surface area contributed by atoms with Gasteiger partial charge in [-0.1, -0.05) is 48.0 Å². The van der Waals surface area contributed by atoms with Crippen molar-refractivity contribution in [1.29, 1.82) is 0 Å². The fourth-order valence-corrected chi connectivity index (χ4v) is 5.00. The van der Waals surface area contributed by atoms with Gasteiger partial charge in [0, 0.05) is 5.56 Å². The van der Waals surface area contributed by atoms with Crippen LogP contribution in [0.2, 0.25) is 0 Å². The number of hydrogen-bond donors (Lipinski definition) is 0. The molecule has 35 heavy (non-hydrogen) atoms. The minimum Gasteiger partial charge on any atom is -0.399 e. The minimum atomic E-state index is -0.362. The van der Waals surface area contributed by atoms with Gasteiger partial charge < -0.3 is 9.31 Å². The van der Waals surface area contributed by atoms with E-state index < -0.39 is 0 Å². The van der Waals surface area contributed by atoms with Gasteiger partial charge >= 0.3 is 7.12 Å². The summed E-state index contributed by atoms with van der Waals surface area (Å²) in [5.74, 6) is 0.104. The number of rotatable bonds is 4. The van der Waals surface area contributed by atoms with Crippen molar-refractivity contribution in [2.45, 2.75) is 80.4 Å². The van der Waals surface area contributed by atoms with Crippen LogP contribution < -0.4 is 5.46 Å². The van der Waals surface area contributed by atoms with Crippen molar-refractivity contribution < 1.29 is 14.1 Å². The highest BCUT2D eigenvalue weighted by Gasteiger charge is 2.52. The Hall–Kier alpha value is -2.69. The van der Waals surface area contributed by atoms with E-state index in [1.807, 2.05) is 13.0 Å². The Labute approximate surface area is 211 Å². The molecule has 0 spiro atoms. The van der Waals surface area contributed by atoms with Crippen LogP contribution in [-0.2, 0) is 9.31 Å². The molecule has 0 aliphatic carbocycles. The third kappa shape index (κ3) is 4.50. The molecule has 3 nitrogen and oxygen atoms in total. The van der Waals surface area contributed by atoms with Gasteiger partial charge in [0.15, 0.2) is 5.78 Å². The molecule has 0 amide bonds. The molecule has 0 aromatic heterocycles. The first kappa shape index (κ1) is 25.4. The number of Topliss-reactive ketones (excluding diaryl/α,β-unsaturated/α-hetero) is 1. The van der Waals surface area contributed by atoms with Gasteiger partial charge in [-0.3, -0.25) is 4.79 Å². The lowest BCUT2D eigenvalue weighted by molar-refractivity contribution is 0.00578. The van der Waals surface area contributed by atoms with Crippen molar-refractivity contribution in [2.24, 2.45) is 0 Å². The monoisotopic (exact) mass is 468 g/mol. The summed E-state index contributed by atoms with van der Waals surface area (Å²) in [5, 5.41) is 0. The molecule has 0 bridgehead atoms. The molecule has 0 radical (unpaired) electrons. The maximum atomic E-state index is 11.9. The van der Waals surface area contributed by atoms with E-state index in [0.29, 0.717) is 0 Å². The number of aryl methyl sites for hydroxylation is 5. The van der Waals surface area contributed by atoms with Crippen LogP contribution in [0.5, 0.6) is 0 Å². The van der Waals surface area contributed by atoms with Crippen LogP contribution in [0.15, 0.2) is 42.5 Å². The number of benzene rings is 3. The van der Waals surface area contributed by atoms with Gasteiger partial charge in [0.2, 0.25) is 0 Å². The predicted molar refractivity (Wildman–Crippen MR) is 147 cm³/mol. The van der Waals surface area contributed by atoms with Crippen molar-refractivity contribution in [3.63, 3.8) is 0 Å². The van der Waals surface area contributed by atoms with Crippen LogP contribution in [0.4, 0.5) is 0 Å². The summed E-state index contributed by atoms with van der Waals surface area (Å²) in [6.07, 6.45) is 0. The fraction of sp³-hybridized carbons (Fsp3) is 0.387. The van der Waals surface area contributed by atoms with E-state index in [9.17, 15) is 4.79 Å². The first-order valence-electron chi connectivity index (χ1n) is 12.4. The van der Waals surface area contributed by atoms with E-state index in [-0.39, 0.29) is 24.1 Å². The number of carbonyl (C=O) groups excluding carboxylic acids is 1. The summed E-state index contributed by atoms with van der Waals surface area (Å²) in [5.41, 5.74) is 11.8. The molecule has 1 heterocycles. The first-order chi connectivity index (χ1) is 16.2. The summed E-state index contributed by atoms with van der Waals surface area (Å²) < 4.78 is 12.7. The Morgan fingerprint density at radius 1 is 0.657 bits per heavy atom. The molecule has 3 aromatic carbocycles. The summed E-state index contributed by atoms with van der Waals surface area (Å²) in [6, 6.07) is 15.2. The Morgan fingerprint density at radius 3 is 1.69 bits per heavy atom. The molecule has 0 N–H and O–H groups in total. The smallest absolute Gasteiger partial charge is 0.399 e. The molecule has 0 saturated carbocycles. The highest BCUT2D eigenvalue weighted by molar-refractivity contribution is 6.62. The molecule has 1 aliphatic rings. The van der Waals surface area contributed by atoms with E-state index >= 15 is 0 Å². The Balaban J connectivity index is 1.72. The largest absolute Gasteiger partial charge is 0.495 e. The van der Waals surface area contributed by atoms with Gasteiger partial charge in [0.1, 0.15) is 0 Å². The maximum Gasteiger partial charge on any atom is 0.495 e. The molecule has 0 atom stereocenters. The molecule has 1 fully saturated rings. The minimum absolute atomic E-state index is 0.104. The molecular weight excluding hydrogens is 431 g/mol. The normalized spacial score (nSPS) is 16.6. The highest BCUT2D eigenvalue weighted by Crippen LogP contribution is 2.38. The molecular formula is C31H37BO3. The second-order valence-electron chi connectivity index (χ2n) is 11.2. The Bertz CT molecular complexity index is 1320. The van der Waals surface area contributed by atoms with Crippen molar-refractivity contribution in [1.82, 2.24) is 0 Å². The topological polar surface area (TPSA) is 35.5 Å². The summed E-state index contributed by atoms with van der Waals surface area (Å²) in [7, 11) is -0.362. The lowest BCUT2D eigenvalue weighted by atomic mass is 9.74. The summed E-state index contributed by atoms with van der Waals surface area (Å²) >= 11 is 0. The SMILES string of the molecule is CC(=O)c1ccc(-c2cc(C)c(-c3cc(C)c(B4OC(C)(C)C(C)(C)O4)cc3C)cc2C)cc1C. The summed E-state index contributed by atoms with van der Waals surface area (Å²) in [4.78, 5) is 11.9.